The number of carbonyl (C=O) groups excluding carboxylic acids is 1. The van der Waals surface area contributed by atoms with Crippen LogP contribution in [0.15, 0.2) is 42.7 Å². The van der Waals surface area contributed by atoms with E-state index in [1.165, 1.54) is 6.07 Å². The summed E-state index contributed by atoms with van der Waals surface area (Å²) in [5.41, 5.74) is 1.86. The molecule has 24 heavy (non-hydrogen) atoms. The Bertz CT molecular complexity index is 725. The summed E-state index contributed by atoms with van der Waals surface area (Å²) < 4.78 is 13.5. The molecule has 1 aliphatic heterocycles. The van der Waals surface area contributed by atoms with Crippen LogP contribution in [0, 0.1) is 11.7 Å². The number of aromatic nitrogens is 1. The number of carbonyl (C=O) groups is 1. The van der Waals surface area contributed by atoms with Gasteiger partial charge in [-0.3, -0.25) is 9.78 Å². The van der Waals surface area contributed by atoms with Gasteiger partial charge in [0.2, 0.25) is 5.91 Å². The zero-order chi connectivity index (χ0) is 17.1. The van der Waals surface area contributed by atoms with Crippen LogP contribution in [0.3, 0.4) is 0 Å². The number of halogens is 2. The number of hydrogen-bond acceptors (Lipinski definition) is 3. The first-order valence-electron chi connectivity index (χ1n) is 7.86. The summed E-state index contributed by atoms with van der Waals surface area (Å²) in [6, 6.07) is 8.67. The molecular formula is C18H19ClFN3O. The molecule has 1 fully saturated rings. The maximum absolute atomic E-state index is 13.5. The predicted octanol–water partition coefficient (Wildman–Crippen LogP) is 3.18. The SMILES string of the molecule is CN1C(=O)C[C@@H](CNCc2ccc(Cl)c(F)c2)[C@@H]1c1cccnc1. The van der Waals surface area contributed by atoms with Crippen LogP contribution < -0.4 is 5.32 Å². The fraction of sp³-hybridized carbons (Fsp3) is 0.333. The van der Waals surface area contributed by atoms with E-state index in [-0.39, 0.29) is 22.9 Å². The van der Waals surface area contributed by atoms with E-state index in [2.05, 4.69) is 10.3 Å². The highest BCUT2D eigenvalue weighted by atomic mass is 35.5. The quantitative estimate of drug-likeness (QED) is 0.903. The highest BCUT2D eigenvalue weighted by molar-refractivity contribution is 6.30. The van der Waals surface area contributed by atoms with Gasteiger partial charge in [0, 0.05) is 44.9 Å². The van der Waals surface area contributed by atoms with Crippen molar-refractivity contribution in [2.75, 3.05) is 13.6 Å². The second-order valence-corrected chi connectivity index (χ2v) is 6.49. The monoisotopic (exact) mass is 347 g/mol. The Labute approximate surface area is 145 Å². The number of nitrogens with one attached hydrogen (secondary N) is 1. The van der Waals surface area contributed by atoms with Crippen molar-refractivity contribution in [2.45, 2.75) is 19.0 Å². The standard InChI is InChI=1S/C18H19ClFN3O/c1-23-17(24)8-14(18(23)13-3-2-6-21-10-13)11-22-9-12-4-5-15(19)16(20)7-12/h2-7,10,14,18,22H,8-9,11H2,1H3/t14-,18-/m0/s1. The van der Waals surface area contributed by atoms with Gasteiger partial charge in [0.05, 0.1) is 11.1 Å². The van der Waals surface area contributed by atoms with Crippen LogP contribution in [-0.2, 0) is 11.3 Å². The summed E-state index contributed by atoms with van der Waals surface area (Å²) in [7, 11) is 1.83. The minimum atomic E-state index is -0.417. The Hall–Kier alpha value is -1.98. The lowest BCUT2D eigenvalue weighted by atomic mass is 9.94. The summed E-state index contributed by atoms with van der Waals surface area (Å²) in [6.45, 7) is 1.20. The third-order valence-corrected chi connectivity index (χ3v) is 4.75. The van der Waals surface area contributed by atoms with Gasteiger partial charge in [-0.15, -0.1) is 0 Å². The molecule has 2 atom stereocenters. The summed E-state index contributed by atoms with van der Waals surface area (Å²) in [6.07, 6.45) is 4.03. The van der Waals surface area contributed by atoms with E-state index in [0.29, 0.717) is 19.5 Å². The average molecular weight is 348 g/mol. The minimum Gasteiger partial charge on any atom is -0.338 e. The van der Waals surface area contributed by atoms with Crippen molar-refractivity contribution in [3.63, 3.8) is 0 Å². The number of hydrogen-bond donors (Lipinski definition) is 1. The van der Waals surface area contributed by atoms with E-state index >= 15 is 0 Å². The first kappa shape index (κ1) is 16.9. The lowest BCUT2D eigenvalue weighted by Gasteiger charge is -2.25. The molecule has 1 N–H and O–H groups in total. The zero-order valence-corrected chi connectivity index (χ0v) is 14.1. The van der Waals surface area contributed by atoms with Crippen LogP contribution in [-0.4, -0.2) is 29.4 Å². The smallest absolute Gasteiger partial charge is 0.223 e. The highest BCUT2D eigenvalue weighted by Crippen LogP contribution is 2.36. The van der Waals surface area contributed by atoms with Crippen LogP contribution >= 0.6 is 11.6 Å². The minimum absolute atomic E-state index is 0.0145. The fourth-order valence-electron chi connectivity index (χ4n) is 3.23. The van der Waals surface area contributed by atoms with Gasteiger partial charge in [0.15, 0.2) is 0 Å². The van der Waals surface area contributed by atoms with Crippen molar-refractivity contribution in [1.82, 2.24) is 15.2 Å². The number of nitrogens with zero attached hydrogens (tertiary/aromatic N) is 2. The molecule has 1 aromatic carbocycles. The summed E-state index contributed by atoms with van der Waals surface area (Å²) in [5, 5.41) is 3.45. The summed E-state index contributed by atoms with van der Waals surface area (Å²) in [4.78, 5) is 18.0. The number of likely N-dealkylation sites (tertiary alicyclic amines) is 1. The van der Waals surface area contributed by atoms with Crippen molar-refractivity contribution < 1.29 is 9.18 Å². The number of rotatable bonds is 5. The van der Waals surface area contributed by atoms with E-state index < -0.39 is 5.82 Å². The Morgan fingerprint density at radius 2 is 2.25 bits per heavy atom. The molecule has 1 saturated heterocycles. The molecule has 0 spiro atoms. The number of amides is 1. The maximum Gasteiger partial charge on any atom is 0.223 e. The molecule has 0 aliphatic carbocycles. The molecule has 3 rings (SSSR count). The van der Waals surface area contributed by atoms with Gasteiger partial charge in [-0.05, 0) is 29.3 Å². The molecule has 2 aromatic rings. The van der Waals surface area contributed by atoms with E-state index in [0.717, 1.165) is 11.1 Å². The Morgan fingerprint density at radius 1 is 1.42 bits per heavy atom. The van der Waals surface area contributed by atoms with Crippen LogP contribution in [0.2, 0.25) is 5.02 Å². The summed E-state index contributed by atoms with van der Waals surface area (Å²) >= 11 is 5.69. The van der Waals surface area contributed by atoms with Gasteiger partial charge in [0.1, 0.15) is 5.82 Å². The summed E-state index contributed by atoms with van der Waals surface area (Å²) in [5.74, 6) is -0.128. The molecule has 6 heteroatoms. The maximum atomic E-state index is 13.5. The van der Waals surface area contributed by atoms with E-state index in [1.807, 2.05) is 19.2 Å². The second-order valence-electron chi connectivity index (χ2n) is 6.08. The molecule has 1 aromatic heterocycles. The average Bonchev–Trinajstić information content (AvgIpc) is 2.86. The second kappa shape index (κ2) is 7.28. The van der Waals surface area contributed by atoms with Gasteiger partial charge in [-0.2, -0.15) is 0 Å². The Kier molecular flexibility index (Phi) is 5.11. The van der Waals surface area contributed by atoms with Crippen LogP contribution in [0.25, 0.3) is 0 Å². The molecule has 2 heterocycles. The van der Waals surface area contributed by atoms with Gasteiger partial charge in [-0.1, -0.05) is 23.7 Å². The first-order chi connectivity index (χ1) is 11.6. The molecule has 0 unspecified atom stereocenters. The lowest BCUT2D eigenvalue weighted by Crippen LogP contribution is -2.29. The van der Waals surface area contributed by atoms with Crippen molar-refractivity contribution in [2.24, 2.45) is 5.92 Å². The van der Waals surface area contributed by atoms with Crippen LogP contribution in [0.5, 0.6) is 0 Å². The largest absolute Gasteiger partial charge is 0.338 e. The molecular weight excluding hydrogens is 329 g/mol. The predicted molar refractivity (Wildman–Crippen MR) is 91.0 cm³/mol. The lowest BCUT2D eigenvalue weighted by molar-refractivity contribution is -0.127. The third-order valence-electron chi connectivity index (χ3n) is 4.44. The molecule has 4 nitrogen and oxygen atoms in total. The molecule has 126 valence electrons. The normalized spacial score (nSPS) is 20.6. The molecule has 0 saturated carbocycles. The van der Waals surface area contributed by atoms with Crippen molar-refractivity contribution in [3.8, 4) is 0 Å². The molecule has 0 radical (unpaired) electrons. The van der Waals surface area contributed by atoms with Crippen molar-refractivity contribution >= 4 is 17.5 Å². The van der Waals surface area contributed by atoms with E-state index in [9.17, 15) is 9.18 Å². The van der Waals surface area contributed by atoms with Crippen LogP contribution in [0.4, 0.5) is 4.39 Å². The number of pyridine rings is 1. The molecule has 0 bridgehead atoms. The zero-order valence-electron chi connectivity index (χ0n) is 13.4. The van der Waals surface area contributed by atoms with E-state index in [4.69, 9.17) is 11.6 Å². The fourth-order valence-corrected chi connectivity index (χ4v) is 3.35. The molecule has 1 aliphatic rings. The van der Waals surface area contributed by atoms with Gasteiger partial charge < -0.3 is 10.2 Å². The topological polar surface area (TPSA) is 45.2 Å². The van der Waals surface area contributed by atoms with Crippen molar-refractivity contribution in [1.29, 1.82) is 0 Å². The molecule has 1 amide bonds. The third kappa shape index (κ3) is 3.57. The highest BCUT2D eigenvalue weighted by Gasteiger charge is 2.38. The van der Waals surface area contributed by atoms with Gasteiger partial charge >= 0.3 is 0 Å². The Morgan fingerprint density at radius 3 is 2.96 bits per heavy atom. The van der Waals surface area contributed by atoms with Gasteiger partial charge in [0.25, 0.3) is 0 Å². The van der Waals surface area contributed by atoms with E-state index in [1.54, 1.807) is 29.4 Å². The van der Waals surface area contributed by atoms with Crippen molar-refractivity contribution in [3.05, 3.63) is 64.7 Å². The van der Waals surface area contributed by atoms with Gasteiger partial charge in [-0.25, -0.2) is 4.39 Å². The Balaban J connectivity index is 1.65. The van der Waals surface area contributed by atoms with Crippen LogP contribution in [0.1, 0.15) is 23.6 Å². The number of benzene rings is 1. The first-order valence-corrected chi connectivity index (χ1v) is 8.24.